The van der Waals surface area contributed by atoms with Crippen LogP contribution in [-0.4, -0.2) is 29.2 Å². The van der Waals surface area contributed by atoms with Crippen LogP contribution in [0.4, 0.5) is 0 Å². The van der Waals surface area contributed by atoms with Crippen molar-refractivity contribution in [1.29, 1.82) is 0 Å². The third-order valence-corrected chi connectivity index (χ3v) is 3.11. The van der Waals surface area contributed by atoms with E-state index in [4.69, 9.17) is 5.11 Å². The molecule has 1 aromatic carbocycles. The van der Waals surface area contributed by atoms with Crippen molar-refractivity contribution in [1.82, 2.24) is 4.90 Å². The molecule has 1 aliphatic rings. The molecule has 1 saturated heterocycles. The maximum Gasteiger partial charge on any atom is 0.0612 e. The first-order chi connectivity index (χ1) is 7.90. The average Bonchev–Trinajstić information content (AvgIpc) is 2.75. The van der Waals surface area contributed by atoms with E-state index in [-0.39, 0.29) is 6.61 Å². The van der Waals surface area contributed by atoms with Crippen LogP contribution in [-0.2, 0) is 6.54 Å². The Hall–Kier alpha value is -1.12. The van der Waals surface area contributed by atoms with Crippen molar-refractivity contribution in [3.63, 3.8) is 0 Å². The maximum atomic E-state index is 8.80. The highest BCUT2D eigenvalue weighted by Crippen LogP contribution is 2.20. The van der Waals surface area contributed by atoms with Crippen molar-refractivity contribution in [2.75, 3.05) is 13.2 Å². The molecule has 16 heavy (non-hydrogen) atoms. The number of benzene rings is 1. The van der Waals surface area contributed by atoms with Crippen molar-refractivity contribution >= 4 is 0 Å². The second-order valence-electron chi connectivity index (χ2n) is 4.28. The van der Waals surface area contributed by atoms with Crippen molar-refractivity contribution < 1.29 is 5.11 Å². The third-order valence-electron chi connectivity index (χ3n) is 3.11. The zero-order valence-corrected chi connectivity index (χ0v) is 9.55. The first kappa shape index (κ1) is 11.4. The molecular weight excluding hydrogens is 198 g/mol. The standard InChI is InChI=1S/C14H19NO/c16-11-5-9-14-8-4-10-15(14)12-13-6-2-1-3-7-13/h1-3,5-7,9,14,16H,4,8,10-12H2/b9-5+. The SMILES string of the molecule is OC/C=C/C1CCCN1Cc1ccccc1. The maximum absolute atomic E-state index is 8.80. The fraction of sp³-hybridized carbons (Fsp3) is 0.429. The molecular formula is C14H19NO. The second kappa shape index (κ2) is 5.83. The van der Waals surface area contributed by atoms with Crippen LogP contribution < -0.4 is 0 Å². The summed E-state index contributed by atoms with van der Waals surface area (Å²) in [7, 11) is 0. The number of rotatable bonds is 4. The van der Waals surface area contributed by atoms with Crippen LogP contribution in [0.3, 0.4) is 0 Å². The molecule has 1 heterocycles. The molecule has 86 valence electrons. The molecule has 1 atom stereocenters. The number of hydrogen-bond donors (Lipinski definition) is 1. The van der Waals surface area contributed by atoms with Gasteiger partial charge in [0, 0.05) is 12.6 Å². The van der Waals surface area contributed by atoms with E-state index in [1.54, 1.807) is 0 Å². The summed E-state index contributed by atoms with van der Waals surface area (Å²) in [6.07, 6.45) is 6.46. The molecule has 0 aliphatic carbocycles. The van der Waals surface area contributed by atoms with E-state index in [9.17, 15) is 0 Å². The Morgan fingerprint density at radius 1 is 1.31 bits per heavy atom. The van der Waals surface area contributed by atoms with Crippen LogP contribution in [0.15, 0.2) is 42.5 Å². The monoisotopic (exact) mass is 217 g/mol. The van der Waals surface area contributed by atoms with Crippen LogP contribution in [0.25, 0.3) is 0 Å². The van der Waals surface area contributed by atoms with Gasteiger partial charge in [-0.15, -0.1) is 0 Å². The summed E-state index contributed by atoms with van der Waals surface area (Å²) < 4.78 is 0. The van der Waals surface area contributed by atoms with E-state index in [1.165, 1.54) is 18.4 Å². The topological polar surface area (TPSA) is 23.5 Å². The smallest absolute Gasteiger partial charge is 0.0612 e. The number of aliphatic hydroxyl groups is 1. The lowest BCUT2D eigenvalue weighted by molar-refractivity contribution is 0.279. The fourth-order valence-electron chi connectivity index (χ4n) is 2.30. The molecule has 0 saturated carbocycles. The van der Waals surface area contributed by atoms with E-state index >= 15 is 0 Å². The molecule has 0 bridgehead atoms. The quantitative estimate of drug-likeness (QED) is 0.782. The highest BCUT2D eigenvalue weighted by atomic mass is 16.2. The van der Waals surface area contributed by atoms with Crippen LogP contribution in [0.2, 0.25) is 0 Å². The van der Waals surface area contributed by atoms with Crippen LogP contribution in [0.5, 0.6) is 0 Å². The summed E-state index contributed by atoms with van der Waals surface area (Å²) >= 11 is 0. The fourth-order valence-corrected chi connectivity index (χ4v) is 2.30. The Morgan fingerprint density at radius 2 is 2.12 bits per heavy atom. The molecule has 1 N–H and O–H groups in total. The predicted molar refractivity (Wildman–Crippen MR) is 66.1 cm³/mol. The van der Waals surface area contributed by atoms with Crippen molar-refractivity contribution in [2.45, 2.75) is 25.4 Å². The van der Waals surface area contributed by atoms with Gasteiger partial charge in [-0.1, -0.05) is 42.5 Å². The molecule has 1 aromatic rings. The zero-order chi connectivity index (χ0) is 11.2. The zero-order valence-electron chi connectivity index (χ0n) is 9.55. The molecule has 1 aliphatic heterocycles. The van der Waals surface area contributed by atoms with Gasteiger partial charge in [0.1, 0.15) is 0 Å². The predicted octanol–water partition coefficient (Wildman–Crippen LogP) is 2.20. The minimum absolute atomic E-state index is 0.148. The molecule has 2 nitrogen and oxygen atoms in total. The van der Waals surface area contributed by atoms with Gasteiger partial charge in [-0.05, 0) is 24.9 Å². The van der Waals surface area contributed by atoms with Crippen LogP contribution >= 0.6 is 0 Å². The largest absolute Gasteiger partial charge is 0.392 e. The molecule has 0 aromatic heterocycles. The summed E-state index contributed by atoms with van der Waals surface area (Å²) in [5.41, 5.74) is 1.37. The van der Waals surface area contributed by atoms with Gasteiger partial charge >= 0.3 is 0 Å². The summed E-state index contributed by atoms with van der Waals surface area (Å²) in [5.74, 6) is 0. The lowest BCUT2D eigenvalue weighted by Crippen LogP contribution is -2.27. The minimum Gasteiger partial charge on any atom is -0.392 e. The Morgan fingerprint density at radius 3 is 2.88 bits per heavy atom. The van der Waals surface area contributed by atoms with E-state index in [0.717, 1.165) is 13.1 Å². The van der Waals surface area contributed by atoms with E-state index in [0.29, 0.717) is 6.04 Å². The van der Waals surface area contributed by atoms with Gasteiger partial charge in [0.15, 0.2) is 0 Å². The lowest BCUT2D eigenvalue weighted by atomic mass is 10.1. The number of aliphatic hydroxyl groups excluding tert-OH is 1. The highest BCUT2D eigenvalue weighted by molar-refractivity contribution is 5.15. The minimum atomic E-state index is 0.148. The van der Waals surface area contributed by atoms with Gasteiger partial charge < -0.3 is 5.11 Å². The second-order valence-corrected chi connectivity index (χ2v) is 4.28. The summed E-state index contributed by atoms with van der Waals surface area (Å²) in [6.45, 7) is 2.33. The summed E-state index contributed by atoms with van der Waals surface area (Å²) in [4.78, 5) is 2.47. The first-order valence-corrected chi connectivity index (χ1v) is 5.95. The van der Waals surface area contributed by atoms with Gasteiger partial charge in [0.25, 0.3) is 0 Å². The normalized spacial score (nSPS) is 21.9. The number of hydrogen-bond acceptors (Lipinski definition) is 2. The molecule has 2 rings (SSSR count). The van der Waals surface area contributed by atoms with Crippen molar-refractivity contribution in [3.05, 3.63) is 48.0 Å². The first-order valence-electron chi connectivity index (χ1n) is 5.95. The van der Waals surface area contributed by atoms with Gasteiger partial charge in [-0.3, -0.25) is 4.90 Å². The van der Waals surface area contributed by atoms with E-state index in [1.807, 2.05) is 6.08 Å². The average molecular weight is 217 g/mol. The molecule has 0 spiro atoms. The van der Waals surface area contributed by atoms with Gasteiger partial charge in [-0.2, -0.15) is 0 Å². The van der Waals surface area contributed by atoms with Gasteiger partial charge in [0.05, 0.1) is 6.61 Å². The number of likely N-dealkylation sites (tertiary alicyclic amines) is 1. The van der Waals surface area contributed by atoms with E-state index < -0.39 is 0 Å². The Kier molecular flexibility index (Phi) is 4.14. The lowest BCUT2D eigenvalue weighted by Gasteiger charge is -2.21. The molecule has 0 radical (unpaired) electrons. The van der Waals surface area contributed by atoms with Crippen LogP contribution in [0, 0.1) is 0 Å². The summed E-state index contributed by atoms with van der Waals surface area (Å²) in [6, 6.07) is 11.1. The molecule has 1 unspecified atom stereocenters. The van der Waals surface area contributed by atoms with E-state index in [2.05, 4.69) is 41.3 Å². The van der Waals surface area contributed by atoms with Crippen LogP contribution in [0.1, 0.15) is 18.4 Å². The van der Waals surface area contributed by atoms with Crippen molar-refractivity contribution in [3.8, 4) is 0 Å². The number of nitrogens with zero attached hydrogens (tertiary/aromatic N) is 1. The molecule has 2 heteroatoms. The van der Waals surface area contributed by atoms with Gasteiger partial charge in [0.2, 0.25) is 0 Å². The Balaban J connectivity index is 1.96. The van der Waals surface area contributed by atoms with Gasteiger partial charge in [-0.25, -0.2) is 0 Å². The Labute approximate surface area is 97.2 Å². The summed E-state index contributed by atoms with van der Waals surface area (Å²) in [5, 5.41) is 8.80. The van der Waals surface area contributed by atoms with Crippen molar-refractivity contribution in [2.24, 2.45) is 0 Å². The third kappa shape index (κ3) is 2.94. The highest BCUT2D eigenvalue weighted by Gasteiger charge is 2.21. The molecule has 0 amide bonds. The molecule has 1 fully saturated rings. The Bertz CT molecular complexity index is 334.